The summed E-state index contributed by atoms with van der Waals surface area (Å²) in [5, 5.41) is 2.69. The SMILES string of the molecule is CN(C(=O)c1ccc(F)cc1)[C@@H](Cc1cccnc1)C(=O)Nc1ccc(S(=O)(=O)Cl)cc1. The van der Waals surface area contributed by atoms with Crippen molar-refractivity contribution in [2.75, 3.05) is 12.4 Å². The second kappa shape index (κ2) is 9.88. The number of carbonyl (C=O) groups excluding carboxylic acids is 2. The molecule has 0 radical (unpaired) electrons. The third kappa shape index (κ3) is 5.89. The first kappa shape index (κ1) is 23.4. The summed E-state index contributed by atoms with van der Waals surface area (Å²) in [6.45, 7) is 0. The number of halogens is 2. The van der Waals surface area contributed by atoms with Gasteiger partial charge in [0.15, 0.2) is 0 Å². The lowest BCUT2D eigenvalue weighted by Crippen LogP contribution is -2.46. The summed E-state index contributed by atoms with van der Waals surface area (Å²) < 4.78 is 36.0. The number of nitrogens with one attached hydrogen (secondary N) is 1. The van der Waals surface area contributed by atoms with Crippen molar-refractivity contribution in [3.05, 3.63) is 90.0 Å². The Bertz CT molecular complexity index is 1200. The summed E-state index contributed by atoms with van der Waals surface area (Å²) in [6.07, 6.45) is 3.37. The average molecular weight is 476 g/mol. The van der Waals surface area contributed by atoms with E-state index in [2.05, 4.69) is 10.3 Å². The molecular weight excluding hydrogens is 457 g/mol. The van der Waals surface area contributed by atoms with Crippen molar-refractivity contribution in [3.8, 4) is 0 Å². The first-order valence-corrected chi connectivity index (χ1v) is 11.7. The number of hydrogen-bond acceptors (Lipinski definition) is 5. The smallest absolute Gasteiger partial charge is 0.261 e. The monoisotopic (exact) mass is 475 g/mol. The largest absolute Gasteiger partial charge is 0.329 e. The van der Waals surface area contributed by atoms with Gasteiger partial charge in [0, 0.05) is 47.8 Å². The van der Waals surface area contributed by atoms with Crippen LogP contribution < -0.4 is 5.32 Å². The Labute approximate surface area is 189 Å². The zero-order chi connectivity index (χ0) is 23.3. The number of benzene rings is 2. The van der Waals surface area contributed by atoms with Gasteiger partial charge in [0.2, 0.25) is 5.91 Å². The van der Waals surface area contributed by atoms with Crippen molar-refractivity contribution in [3.63, 3.8) is 0 Å². The zero-order valence-corrected chi connectivity index (χ0v) is 18.5. The molecule has 0 saturated heterocycles. The molecule has 2 amide bonds. The lowest BCUT2D eigenvalue weighted by atomic mass is 10.0. The molecule has 1 heterocycles. The molecule has 1 aromatic heterocycles. The quantitative estimate of drug-likeness (QED) is 0.528. The van der Waals surface area contributed by atoms with Gasteiger partial charge >= 0.3 is 0 Å². The van der Waals surface area contributed by atoms with Gasteiger partial charge in [-0.2, -0.15) is 0 Å². The summed E-state index contributed by atoms with van der Waals surface area (Å²) in [5.74, 6) is -1.43. The maximum atomic E-state index is 13.2. The maximum absolute atomic E-state index is 13.2. The minimum Gasteiger partial charge on any atom is -0.329 e. The Balaban J connectivity index is 1.85. The van der Waals surface area contributed by atoms with Gasteiger partial charge in [-0.25, -0.2) is 12.8 Å². The molecule has 2 aromatic carbocycles. The predicted molar refractivity (Wildman–Crippen MR) is 118 cm³/mol. The zero-order valence-electron chi connectivity index (χ0n) is 16.9. The highest BCUT2D eigenvalue weighted by molar-refractivity contribution is 8.13. The van der Waals surface area contributed by atoms with Crippen LogP contribution in [0.4, 0.5) is 10.1 Å². The summed E-state index contributed by atoms with van der Waals surface area (Å²) in [6, 6.07) is 12.9. The van der Waals surface area contributed by atoms with Gasteiger partial charge < -0.3 is 10.2 Å². The van der Waals surface area contributed by atoms with E-state index in [0.717, 1.165) is 5.56 Å². The second-order valence-corrected chi connectivity index (χ2v) is 9.52. The third-order valence-electron chi connectivity index (χ3n) is 4.74. The van der Waals surface area contributed by atoms with Crippen LogP contribution >= 0.6 is 10.7 Å². The first-order chi connectivity index (χ1) is 15.1. The molecule has 10 heteroatoms. The molecule has 0 aliphatic heterocycles. The summed E-state index contributed by atoms with van der Waals surface area (Å²) in [4.78, 5) is 31.2. The van der Waals surface area contributed by atoms with Gasteiger partial charge in [-0.05, 0) is 60.2 Å². The van der Waals surface area contributed by atoms with Crippen LogP contribution in [0.15, 0.2) is 78.0 Å². The maximum Gasteiger partial charge on any atom is 0.261 e. The number of amides is 2. The van der Waals surface area contributed by atoms with Gasteiger partial charge in [0.05, 0.1) is 4.90 Å². The molecule has 0 spiro atoms. The van der Waals surface area contributed by atoms with E-state index in [9.17, 15) is 22.4 Å². The molecule has 32 heavy (non-hydrogen) atoms. The first-order valence-electron chi connectivity index (χ1n) is 9.42. The van der Waals surface area contributed by atoms with E-state index in [0.29, 0.717) is 5.69 Å². The van der Waals surface area contributed by atoms with Crippen molar-refractivity contribution in [1.82, 2.24) is 9.88 Å². The fourth-order valence-electron chi connectivity index (χ4n) is 3.01. The Morgan fingerprint density at radius 2 is 1.75 bits per heavy atom. The molecule has 0 bridgehead atoms. The van der Waals surface area contributed by atoms with E-state index < -0.39 is 32.7 Å². The van der Waals surface area contributed by atoms with E-state index >= 15 is 0 Å². The highest BCUT2D eigenvalue weighted by Gasteiger charge is 2.28. The molecule has 1 atom stereocenters. The Kier molecular flexibility index (Phi) is 7.22. The van der Waals surface area contributed by atoms with Gasteiger partial charge in [-0.15, -0.1) is 0 Å². The van der Waals surface area contributed by atoms with E-state index in [4.69, 9.17) is 10.7 Å². The second-order valence-electron chi connectivity index (χ2n) is 6.96. The summed E-state index contributed by atoms with van der Waals surface area (Å²) in [7, 11) is 2.90. The molecule has 0 aliphatic carbocycles. The highest BCUT2D eigenvalue weighted by Crippen LogP contribution is 2.19. The molecular formula is C22H19ClFN3O4S. The molecule has 3 aromatic rings. The normalized spacial score (nSPS) is 12.1. The number of pyridine rings is 1. The standard InChI is InChI=1S/C22H19ClFN3O4S/c1-27(22(29)16-4-6-17(24)7-5-16)20(13-15-3-2-12-25-14-15)21(28)26-18-8-10-19(11-9-18)32(23,30)31/h2-12,14,20H,13H2,1H3,(H,26,28)/t20-/m0/s1. The lowest BCUT2D eigenvalue weighted by molar-refractivity contribution is -0.120. The molecule has 0 aliphatic rings. The summed E-state index contributed by atoms with van der Waals surface area (Å²) >= 11 is 0. The van der Waals surface area contributed by atoms with E-state index in [1.807, 2.05) is 0 Å². The van der Waals surface area contributed by atoms with Gasteiger partial charge in [-0.3, -0.25) is 14.6 Å². The van der Waals surface area contributed by atoms with Crippen LogP contribution in [-0.4, -0.2) is 43.2 Å². The molecule has 166 valence electrons. The van der Waals surface area contributed by atoms with E-state index in [1.54, 1.807) is 24.5 Å². The molecule has 0 unspecified atom stereocenters. The number of carbonyl (C=O) groups is 2. The lowest BCUT2D eigenvalue weighted by Gasteiger charge is -2.27. The third-order valence-corrected chi connectivity index (χ3v) is 6.11. The fourth-order valence-corrected chi connectivity index (χ4v) is 3.78. The predicted octanol–water partition coefficient (Wildman–Crippen LogP) is 3.47. The van der Waals surface area contributed by atoms with Gasteiger partial charge in [-0.1, -0.05) is 6.07 Å². The molecule has 0 fully saturated rings. The Morgan fingerprint density at radius 1 is 1.09 bits per heavy atom. The van der Waals surface area contributed by atoms with Gasteiger partial charge in [0.25, 0.3) is 15.0 Å². The molecule has 3 rings (SSSR count). The number of hydrogen-bond donors (Lipinski definition) is 1. The average Bonchev–Trinajstić information content (AvgIpc) is 2.77. The molecule has 7 nitrogen and oxygen atoms in total. The van der Waals surface area contributed by atoms with Crippen LogP contribution in [-0.2, 0) is 20.3 Å². The Morgan fingerprint density at radius 3 is 2.31 bits per heavy atom. The number of nitrogens with zero attached hydrogens (tertiary/aromatic N) is 2. The van der Waals surface area contributed by atoms with E-state index in [1.165, 1.54) is 60.5 Å². The van der Waals surface area contributed by atoms with Crippen LogP contribution in [0.25, 0.3) is 0 Å². The van der Waals surface area contributed by atoms with Gasteiger partial charge in [0.1, 0.15) is 11.9 Å². The summed E-state index contributed by atoms with van der Waals surface area (Å²) in [5.41, 5.74) is 1.29. The number of rotatable bonds is 7. The van der Waals surface area contributed by atoms with Crippen LogP contribution in [0, 0.1) is 5.82 Å². The number of anilines is 1. The fraction of sp³-hybridized carbons (Fsp3) is 0.136. The Hall–Kier alpha value is -3.30. The van der Waals surface area contributed by atoms with Crippen molar-refractivity contribution in [2.45, 2.75) is 17.4 Å². The molecule has 1 N–H and O–H groups in total. The minimum absolute atomic E-state index is 0.104. The highest BCUT2D eigenvalue weighted by atomic mass is 35.7. The number of likely N-dealkylation sites (N-methyl/N-ethyl adjacent to an activating group) is 1. The van der Waals surface area contributed by atoms with Crippen LogP contribution in [0.2, 0.25) is 0 Å². The molecule has 0 saturated carbocycles. The van der Waals surface area contributed by atoms with Crippen molar-refractivity contribution < 1.29 is 22.4 Å². The van der Waals surface area contributed by atoms with Crippen molar-refractivity contribution in [1.29, 1.82) is 0 Å². The van der Waals surface area contributed by atoms with Crippen LogP contribution in [0.5, 0.6) is 0 Å². The minimum atomic E-state index is -3.89. The van der Waals surface area contributed by atoms with E-state index in [-0.39, 0.29) is 16.9 Å². The number of aromatic nitrogens is 1. The van der Waals surface area contributed by atoms with Crippen LogP contribution in [0.1, 0.15) is 15.9 Å². The van der Waals surface area contributed by atoms with Crippen LogP contribution in [0.3, 0.4) is 0 Å². The van der Waals surface area contributed by atoms with Crippen molar-refractivity contribution >= 4 is 37.2 Å². The van der Waals surface area contributed by atoms with Crippen molar-refractivity contribution in [2.24, 2.45) is 0 Å². The topological polar surface area (TPSA) is 96.4 Å².